The molecule has 1 rings (SSSR count). The number of nitrogens with zero attached hydrogens (tertiary/aromatic N) is 1. The monoisotopic (exact) mass is 234 g/mol. The molecule has 0 atom stereocenters. The standard InChI is InChI=1S/C6H7BrN2O3/c1-12-3-9-2-4(7)5(10)8-6(9)11/h2H,3H2,1H3,(H,8,10,11). The fourth-order valence-electron chi connectivity index (χ4n) is 0.718. The van der Waals surface area contributed by atoms with Crippen LogP contribution >= 0.6 is 15.9 Å². The minimum Gasteiger partial charge on any atom is -0.364 e. The molecule has 0 amide bonds. The van der Waals surface area contributed by atoms with Crippen LogP contribution in [0.15, 0.2) is 20.3 Å². The topological polar surface area (TPSA) is 64.1 Å². The van der Waals surface area contributed by atoms with Crippen LogP contribution in [0.1, 0.15) is 0 Å². The van der Waals surface area contributed by atoms with Gasteiger partial charge in [-0.2, -0.15) is 0 Å². The predicted molar refractivity (Wildman–Crippen MR) is 46.0 cm³/mol. The lowest BCUT2D eigenvalue weighted by molar-refractivity contribution is 0.126. The lowest BCUT2D eigenvalue weighted by atomic mass is 10.6. The minimum absolute atomic E-state index is 0.119. The average molecular weight is 235 g/mol. The second-order valence-electron chi connectivity index (χ2n) is 2.12. The smallest absolute Gasteiger partial charge is 0.330 e. The molecule has 0 fully saturated rings. The van der Waals surface area contributed by atoms with Gasteiger partial charge in [0.05, 0.1) is 4.47 Å². The Morgan fingerprint density at radius 2 is 2.33 bits per heavy atom. The van der Waals surface area contributed by atoms with Crippen LogP contribution in [-0.2, 0) is 11.5 Å². The first kappa shape index (κ1) is 9.21. The maximum absolute atomic E-state index is 11.0. The molecule has 5 nitrogen and oxygen atoms in total. The summed E-state index contributed by atoms with van der Waals surface area (Å²) in [5.41, 5.74) is -0.919. The van der Waals surface area contributed by atoms with Crippen LogP contribution in [0.4, 0.5) is 0 Å². The Balaban J connectivity index is 3.24. The van der Waals surface area contributed by atoms with Crippen molar-refractivity contribution in [3.63, 3.8) is 0 Å². The number of hydrogen-bond acceptors (Lipinski definition) is 3. The summed E-state index contributed by atoms with van der Waals surface area (Å²) in [4.78, 5) is 23.9. The number of aromatic amines is 1. The third-order valence-corrected chi connectivity index (χ3v) is 1.80. The van der Waals surface area contributed by atoms with Crippen molar-refractivity contribution in [2.24, 2.45) is 0 Å². The van der Waals surface area contributed by atoms with Gasteiger partial charge in [-0.3, -0.25) is 14.3 Å². The van der Waals surface area contributed by atoms with Gasteiger partial charge in [-0.15, -0.1) is 0 Å². The Labute approximate surface area is 76.1 Å². The zero-order chi connectivity index (χ0) is 9.14. The molecule has 0 radical (unpaired) electrons. The summed E-state index contributed by atoms with van der Waals surface area (Å²) in [5.74, 6) is 0. The summed E-state index contributed by atoms with van der Waals surface area (Å²) in [5, 5.41) is 0. The van der Waals surface area contributed by atoms with E-state index >= 15 is 0 Å². The van der Waals surface area contributed by atoms with E-state index < -0.39 is 11.2 Å². The predicted octanol–water partition coefficient (Wildman–Crippen LogP) is -0.0970. The number of H-pyrrole nitrogens is 1. The van der Waals surface area contributed by atoms with Gasteiger partial charge in [0, 0.05) is 13.3 Å². The Morgan fingerprint density at radius 1 is 1.67 bits per heavy atom. The normalized spacial score (nSPS) is 10.2. The number of ether oxygens (including phenoxy) is 1. The van der Waals surface area contributed by atoms with E-state index in [0.29, 0.717) is 4.47 Å². The first-order valence-electron chi connectivity index (χ1n) is 3.13. The van der Waals surface area contributed by atoms with Crippen molar-refractivity contribution in [1.29, 1.82) is 0 Å². The zero-order valence-electron chi connectivity index (χ0n) is 6.33. The summed E-state index contributed by atoms with van der Waals surface area (Å²) in [6.07, 6.45) is 1.38. The van der Waals surface area contributed by atoms with E-state index in [-0.39, 0.29) is 6.73 Å². The molecule has 0 aliphatic rings. The van der Waals surface area contributed by atoms with E-state index in [1.54, 1.807) is 0 Å². The molecule has 1 aromatic heterocycles. The quantitative estimate of drug-likeness (QED) is 0.778. The van der Waals surface area contributed by atoms with Gasteiger partial charge in [0.2, 0.25) is 0 Å². The molecular weight excluding hydrogens is 228 g/mol. The highest BCUT2D eigenvalue weighted by atomic mass is 79.9. The number of nitrogens with one attached hydrogen (secondary N) is 1. The third kappa shape index (κ3) is 1.83. The van der Waals surface area contributed by atoms with E-state index in [1.165, 1.54) is 17.9 Å². The molecule has 0 saturated carbocycles. The molecule has 66 valence electrons. The second kappa shape index (κ2) is 3.68. The lowest BCUT2D eigenvalue weighted by Gasteiger charge is -2.01. The fourth-order valence-corrected chi connectivity index (χ4v) is 1.06. The fraction of sp³-hybridized carbons (Fsp3) is 0.333. The summed E-state index contributed by atoms with van der Waals surface area (Å²) in [6.45, 7) is 0.119. The van der Waals surface area contributed by atoms with Crippen molar-refractivity contribution < 1.29 is 4.74 Å². The zero-order valence-corrected chi connectivity index (χ0v) is 7.92. The van der Waals surface area contributed by atoms with Gasteiger partial charge >= 0.3 is 5.69 Å². The first-order valence-corrected chi connectivity index (χ1v) is 3.92. The Hall–Kier alpha value is -0.880. The summed E-state index contributed by atoms with van der Waals surface area (Å²) in [7, 11) is 1.46. The molecule has 0 spiro atoms. The molecule has 0 unspecified atom stereocenters. The van der Waals surface area contributed by atoms with Gasteiger partial charge in [-0.25, -0.2) is 4.79 Å². The van der Waals surface area contributed by atoms with Crippen LogP contribution in [0.2, 0.25) is 0 Å². The molecule has 0 saturated heterocycles. The van der Waals surface area contributed by atoms with Crippen LogP contribution in [0, 0.1) is 0 Å². The van der Waals surface area contributed by atoms with Crippen molar-refractivity contribution in [3.05, 3.63) is 31.5 Å². The van der Waals surface area contributed by atoms with Gasteiger partial charge in [0.25, 0.3) is 5.56 Å². The van der Waals surface area contributed by atoms with Crippen molar-refractivity contribution in [1.82, 2.24) is 9.55 Å². The van der Waals surface area contributed by atoms with Crippen molar-refractivity contribution in [3.8, 4) is 0 Å². The number of halogens is 1. The largest absolute Gasteiger partial charge is 0.364 e. The maximum Gasteiger partial charge on any atom is 0.330 e. The molecule has 0 aliphatic heterocycles. The molecule has 12 heavy (non-hydrogen) atoms. The summed E-state index contributed by atoms with van der Waals surface area (Å²) >= 11 is 2.99. The Kier molecular flexibility index (Phi) is 2.83. The number of aromatic nitrogens is 2. The van der Waals surface area contributed by atoms with E-state index in [4.69, 9.17) is 4.74 Å². The van der Waals surface area contributed by atoms with Crippen molar-refractivity contribution in [2.45, 2.75) is 6.73 Å². The van der Waals surface area contributed by atoms with E-state index in [9.17, 15) is 9.59 Å². The van der Waals surface area contributed by atoms with Crippen LogP contribution < -0.4 is 11.2 Å². The van der Waals surface area contributed by atoms with E-state index in [0.717, 1.165) is 0 Å². The van der Waals surface area contributed by atoms with Crippen molar-refractivity contribution in [2.75, 3.05) is 7.11 Å². The molecule has 1 aromatic rings. The number of rotatable bonds is 2. The average Bonchev–Trinajstić information content (AvgIpc) is 2.01. The second-order valence-corrected chi connectivity index (χ2v) is 2.98. The molecule has 1 heterocycles. The highest BCUT2D eigenvalue weighted by Gasteiger charge is 1.99. The van der Waals surface area contributed by atoms with Gasteiger partial charge in [-0.1, -0.05) is 0 Å². The van der Waals surface area contributed by atoms with Crippen LogP contribution in [0.3, 0.4) is 0 Å². The van der Waals surface area contributed by atoms with Crippen LogP contribution in [-0.4, -0.2) is 16.7 Å². The first-order chi connectivity index (χ1) is 5.65. The molecule has 1 N–H and O–H groups in total. The van der Waals surface area contributed by atoms with Gasteiger partial charge in [0.15, 0.2) is 0 Å². The van der Waals surface area contributed by atoms with Gasteiger partial charge < -0.3 is 4.74 Å². The highest BCUT2D eigenvalue weighted by molar-refractivity contribution is 9.10. The highest BCUT2D eigenvalue weighted by Crippen LogP contribution is 1.97. The summed E-state index contributed by atoms with van der Waals surface area (Å²) in [6, 6.07) is 0. The minimum atomic E-state index is -0.481. The molecule has 0 bridgehead atoms. The molecule has 0 aliphatic carbocycles. The molecule has 6 heteroatoms. The van der Waals surface area contributed by atoms with Gasteiger partial charge in [-0.05, 0) is 15.9 Å². The lowest BCUT2D eigenvalue weighted by Crippen LogP contribution is -2.30. The number of hydrogen-bond donors (Lipinski definition) is 1. The van der Waals surface area contributed by atoms with Crippen LogP contribution in [0.25, 0.3) is 0 Å². The summed E-state index contributed by atoms with van der Waals surface area (Å²) < 4.78 is 6.27. The maximum atomic E-state index is 11.0. The SMILES string of the molecule is COCn1cc(Br)c(=O)[nH]c1=O. The van der Waals surface area contributed by atoms with Gasteiger partial charge in [0.1, 0.15) is 6.73 Å². The van der Waals surface area contributed by atoms with E-state index in [1.807, 2.05) is 0 Å². The molecule has 0 aromatic carbocycles. The van der Waals surface area contributed by atoms with Crippen LogP contribution in [0.5, 0.6) is 0 Å². The Bertz CT molecular complexity index is 381. The van der Waals surface area contributed by atoms with E-state index in [2.05, 4.69) is 20.9 Å². The van der Waals surface area contributed by atoms with Crippen molar-refractivity contribution >= 4 is 15.9 Å². The molecular formula is C6H7BrN2O3. The third-order valence-electron chi connectivity index (χ3n) is 1.24. The number of methoxy groups -OCH3 is 1. The Morgan fingerprint density at radius 3 is 2.92 bits per heavy atom.